The van der Waals surface area contributed by atoms with Gasteiger partial charge in [-0.2, -0.15) is 4.98 Å². The molecule has 1 unspecified atom stereocenters. The molecule has 3 heterocycles. The third-order valence-corrected chi connectivity index (χ3v) is 8.80. The van der Waals surface area contributed by atoms with E-state index in [2.05, 4.69) is 15.0 Å². The Morgan fingerprint density at radius 1 is 1.23 bits per heavy atom. The molecular weight excluding hydrogens is 440 g/mol. The molecule has 0 bridgehead atoms. The number of benzene rings is 1. The standard InChI is InChI=1S/C20H26N4O5S2/c1-28-16-4-2-15(3-5-16)20-21-18(29-22-20)12-23-7-9-24(10-8-23)19(25)13-30-17-6-11-31(26,27)14-17/h2-5,17H,6-14H2,1H3. The van der Waals surface area contributed by atoms with Crippen molar-refractivity contribution in [3.05, 3.63) is 30.2 Å². The second-order valence-electron chi connectivity index (χ2n) is 7.73. The van der Waals surface area contributed by atoms with Crippen molar-refractivity contribution in [3.63, 3.8) is 0 Å². The number of amides is 1. The van der Waals surface area contributed by atoms with Gasteiger partial charge in [-0.25, -0.2) is 8.42 Å². The van der Waals surface area contributed by atoms with Crippen molar-refractivity contribution in [2.75, 3.05) is 50.5 Å². The fourth-order valence-corrected chi connectivity index (χ4v) is 7.24. The highest BCUT2D eigenvalue weighted by Gasteiger charge is 2.30. The highest BCUT2D eigenvalue weighted by molar-refractivity contribution is 8.02. The summed E-state index contributed by atoms with van der Waals surface area (Å²) >= 11 is 1.47. The van der Waals surface area contributed by atoms with Gasteiger partial charge in [-0.15, -0.1) is 11.8 Å². The smallest absolute Gasteiger partial charge is 0.241 e. The van der Waals surface area contributed by atoms with E-state index in [1.165, 1.54) is 11.8 Å². The molecule has 1 amide bonds. The molecule has 2 saturated heterocycles. The van der Waals surface area contributed by atoms with Crippen LogP contribution in [0.1, 0.15) is 12.3 Å². The van der Waals surface area contributed by atoms with Gasteiger partial charge >= 0.3 is 0 Å². The van der Waals surface area contributed by atoms with Crippen molar-refractivity contribution in [2.45, 2.75) is 18.2 Å². The number of ether oxygens (including phenoxy) is 1. The van der Waals surface area contributed by atoms with Gasteiger partial charge in [-0.3, -0.25) is 9.69 Å². The number of aromatic nitrogens is 2. The van der Waals surface area contributed by atoms with Crippen LogP contribution < -0.4 is 4.74 Å². The summed E-state index contributed by atoms with van der Waals surface area (Å²) in [6.07, 6.45) is 0.650. The van der Waals surface area contributed by atoms with Crippen LogP contribution >= 0.6 is 11.8 Å². The first-order valence-electron chi connectivity index (χ1n) is 10.2. The Bertz CT molecular complexity index is 1000. The molecule has 1 aromatic carbocycles. The van der Waals surface area contributed by atoms with Crippen LogP contribution in [-0.4, -0.2) is 90.1 Å². The number of hydrogen-bond donors (Lipinski definition) is 0. The lowest BCUT2D eigenvalue weighted by atomic mass is 10.2. The molecule has 9 nitrogen and oxygen atoms in total. The summed E-state index contributed by atoms with van der Waals surface area (Å²) in [5, 5.41) is 4.11. The third-order valence-electron chi connectivity index (χ3n) is 5.53. The summed E-state index contributed by atoms with van der Waals surface area (Å²) in [6, 6.07) is 7.48. The number of hydrogen-bond acceptors (Lipinski definition) is 9. The van der Waals surface area contributed by atoms with E-state index < -0.39 is 9.84 Å². The van der Waals surface area contributed by atoms with Crippen LogP contribution in [0.5, 0.6) is 5.75 Å². The van der Waals surface area contributed by atoms with E-state index >= 15 is 0 Å². The predicted octanol–water partition coefficient (Wildman–Crippen LogP) is 1.31. The Balaban J connectivity index is 1.22. The lowest BCUT2D eigenvalue weighted by molar-refractivity contribution is -0.130. The predicted molar refractivity (Wildman–Crippen MR) is 118 cm³/mol. The maximum absolute atomic E-state index is 12.5. The average Bonchev–Trinajstić information content (AvgIpc) is 3.38. The fourth-order valence-electron chi connectivity index (χ4n) is 3.70. The largest absolute Gasteiger partial charge is 0.497 e. The van der Waals surface area contributed by atoms with Crippen molar-refractivity contribution < 1.29 is 22.5 Å². The minimum atomic E-state index is -2.90. The van der Waals surface area contributed by atoms with Gasteiger partial charge in [-0.1, -0.05) is 5.16 Å². The van der Waals surface area contributed by atoms with Crippen molar-refractivity contribution in [1.82, 2.24) is 19.9 Å². The van der Waals surface area contributed by atoms with E-state index in [0.29, 0.717) is 43.5 Å². The molecule has 2 aliphatic heterocycles. The molecule has 4 rings (SSSR count). The molecule has 0 N–H and O–H groups in total. The summed E-state index contributed by atoms with van der Waals surface area (Å²) < 4.78 is 33.6. The third kappa shape index (κ3) is 5.78. The number of methoxy groups -OCH3 is 1. The summed E-state index contributed by atoms with van der Waals surface area (Å²) in [5.41, 5.74) is 0.860. The molecule has 11 heteroatoms. The average molecular weight is 467 g/mol. The molecular formula is C20H26N4O5S2. The highest BCUT2D eigenvalue weighted by atomic mass is 32.2. The number of rotatable bonds is 7. The molecule has 2 fully saturated rings. The molecule has 168 valence electrons. The Labute approximate surface area is 186 Å². The molecule has 0 radical (unpaired) electrons. The van der Waals surface area contributed by atoms with Crippen LogP contribution in [0.25, 0.3) is 11.4 Å². The van der Waals surface area contributed by atoms with Crippen LogP contribution in [0, 0.1) is 0 Å². The highest BCUT2D eigenvalue weighted by Crippen LogP contribution is 2.25. The zero-order chi connectivity index (χ0) is 21.8. The maximum Gasteiger partial charge on any atom is 0.241 e. The Hall–Kier alpha value is -2.11. The molecule has 1 aromatic heterocycles. The Morgan fingerprint density at radius 3 is 2.61 bits per heavy atom. The summed E-state index contributed by atoms with van der Waals surface area (Å²) in [5.74, 6) is 2.71. The topological polar surface area (TPSA) is 106 Å². The van der Waals surface area contributed by atoms with Crippen LogP contribution in [0.15, 0.2) is 28.8 Å². The number of carbonyl (C=O) groups is 1. The van der Waals surface area contributed by atoms with Gasteiger partial charge in [-0.05, 0) is 30.7 Å². The lowest BCUT2D eigenvalue weighted by Gasteiger charge is -2.34. The number of carbonyl (C=O) groups excluding carboxylic acids is 1. The maximum atomic E-state index is 12.5. The van der Waals surface area contributed by atoms with Crippen molar-refractivity contribution in [1.29, 1.82) is 0 Å². The zero-order valence-electron chi connectivity index (χ0n) is 17.4. The van der Waals surface area contributed by atoms with Crippen LogP contribution in [-0.2, 0) is 21.2 Å². The number of sulfone groups is 1. The molecule has 0 aliphatic carbocycles. The van der Waals surface area contributed by atoms with Crippen LogP contribution in [0.2, 0.25) is 0 Å². The summed E-state index contributed by atoms with van der Waals surface area (Å²) in [7, 11) is -1.28. The SMILES string of the molecule is COc1ccc(-c2noc(CN3CCN(C(=O)CSC4CCS(=O)(=O)C4)CC3)n2)cc1. The minimum absolute atomic E-state index is 0.0488. The lowest BCUT2D eigenvalue weighted by Crippen LogP contribution is -2.49. The Kier molecular flexibility index (Phi) is 6.83. The molecule has 1 atom stereocenters. The van der Waals surface area contributed by atoms with E-state index in [1.807, 2.05) is 29.2 Å². The van der Waals surface area contributed by atoms with E-state index in [0.717, 1.165) is 24.4 Å². The molecule has 2 aromatic rings. The van der Waals surface area contributed by atoms with Gasteiger partial charge in [0.15, 0.2) is 9.84 Å². The van der Waals surface area contributed by atoms with Gasteiger partial charge in [0.25, 0.3) is 0 Å². The van der Waals surface area contributed by atoms with Gasteiger partial charge in [0.05, 0.1) is 30.9 Å². The Morgan fingerprint density at radius 2 is 1.97 bits per heavy atom. The summed E-state index contributed by atoms with van der Waals surface area (Å²) in [6.45, 7) is 3.28. The van der Waals surface area contributed by atoms with Gasteiger partial charge in [0.2, 0.25) is 17.6 Å². The molecule has 31 heavy (non-hydrogen) atoms. The first-order valence-corrected chi connectivity index (χ1v) is 13.1. The zero-order valence-corrected chi connectivity index (χ0v) is 19.0. The first kappa shape index (κ1) is 22.1. The number of nitrogens with zero attached hydrogens (tertiary/aromatic N) is 4. The van der Waals surface area contributed by atoms with Crippen molar-refractivity contribution >= 4 is 27.5 Å². The number of piperazine rings is 1. The molecule has 0 spiro atoms. The molecule has 2 aliphatic rings. The van der Waals surface area contributed by atoms with Crippen molar-refractivity contribution in [3.8, 4) is 17.1 Å². The van der Waals surface area contributed by atoms with E-state index in [1.54, 1.807) is 7.11 Å². The first-order chi connectivity index (χ1) is 14.9. The normalized spacial score (nSPS) is 21.3. The fraction of sp³-hybridized carbons (Fsp3) is 0.550. The van der Waals surface area contributed by atoms with Crippen molar-refractivity contribution in [2.24, 2.45) is 0 Å². The molecule has 0 saturated carbocycles. The minimum Gasteiger partial charge on any atom is -0.497 e. The van der Waals surface area contributed by atoms with E-state index in [-0.39, 0.29) is 22.7 Å². The monoisotopic (exact) mass is 466 g/mol. The van der Waals surface area contributed by atoms with Gasteiger partial charge in [0, 0.05) is 37.0 Å². The summed E-state index contributed by atoms with van der Waals surface area (Å²) in [4.78, 5) is 21.0. The van der Waals surface area contributed by atoms with Gasteiger partial charge < -0.3 is 14.2 Å². The van der Waals surface area contributed by atoms with Gasteiger partial charge in [0.1, 0.15) is 5.75 Å². The number of thioether (sulfide) groups is 1. The van der Waals surface area contributed by atoms with E-state index in [9.17, 15) is 13.2 Å². The second kappa shape index (κ2) is 9.58. The van der Waals surface area contributed by atoms with E-state index in [4.69, 9.17) is 9.26 Å². The second-order valence-corrected chi connectivity index (χ2v) is 11.3. The van der Waals surface area contributed by atoms with Crippen LogP contribution in [0.4, 0.5) is 0 Å². The quantitative estimate of drug-likeness (QED) is 0.597. The van der Waals surface area contributed by atoms with Crippen LogP contribution in [0.3, 0.4) is 0 Å².